The molecule has 0 aliphatic heterocycles. The van der Waals surface area contributed by atoms with Crippen LogP contribution in [-0.2, 0) is 0 Å². The molecule has 0 radical (unpaired) electrons. The van der Waals surface area contributed by atoms with E-state index in [9.17, 15) is 0 Å². The number of aromatic nitrogens is 4. The van der Waals surface area contributed by atoms with E-state index in [-0.39, 0.29) is 23.0 Å². The minimum atomic E-state index is -0.497. The number of nitrogens with zero attached hydrogens (tertiary/aromatic N) is 4. The maximum atomic E-state index is 8.78. The van der Waals surface area contributed by atoms with Crippen LogP contribution >= 0.6 is 0 Å². The molecule has 0 spiro atoms. The van der Waals surface area contributed by atoms with E-state index in [0.717, 1.165) is 54.6 Å². The summed E-state index contributed by atoms with van der Waals surface area (Å²) in [6.45, 7) is 0. The predicted octanol–water partition coefficient (Wildman–Crippen LogP) is 11.8. The van der Waals surface area contributed by atoms with Crippen LogP contribution in [0.25, 0.3) is 106 Å². The first-order valence-corrected chi connectivity index (χ1v) is 16.5. The second-order valence-electron chi connectivity index (χ2n) is 12.4. The van der Waals surface area contributed by atoms with Crippen LogP contribution in [0.15, 0.2) is 166 Å². The summed E-state index contributed by atoms with van der Waals surface area (Å²) in [6.07, 6.45) is 0. The van der Waals surface area contributed by atoms with Gasteiger partial charge in [-0.2, -0.15) is 0 Å². The van der Waals surface area contributed by atoms with Crippen LogP contribution in [0.1, 0.15) is 6.85 Å². The zero-order chi connectivity index (χ0) is 37.8. The van der Waals surface area contributed by atoms with Crippen LogP contribution < -0.4 is 0 Å². The van der Waals surface area contributed by atoms with Crippen molar-refractivity contribution in [2.45, 2.75) is 0 Å². The molecule has 6 heteroatoms. The summed E-state index contributed by atoms with van der Waals surface area (Å²) in [6, 6.07) is 39.8. The Morgan fingerprint density at radius 2 is 1.10 bits per heavy atom. The third-order valence-corrected chi connectivity index (χ3v) is 9.56. The number of hydrogen-bond acceptors (Lipinski definition) is 5. The summed E-state index contributed by atoms with van der Waals surface area (Å²) >= 11 is 0. The molecule has 0 fully saturated rings. The smallest absolute Gasteiger partial charge is 0.167 e. The van der Waals surface area contributed by atoms with Crippen LogP contribution in [0.4, 0.5) is 0 Å². The number of benzene rings is 7. The van der Waals surface area contributed by atoms with E-state index in [0.29, 0.717) is 27.9 Å². The quantitative estimate of drug-likeness (QED) is 0.188. The molecule has 4 heterocycles. The predicted molar refractivity (Wildman–Crippen MR) is 205 cm³/mol. The first kappa shape index (κ1) is 23.3. The fraction of sp³-hybridized carbons (Fsp3) is 0. The molecule has 238 valence electrons. The summed E-state index contributed by atoms with van der Waals surface area (Å²) in [7, 11) is 0. The highest BCUT2D eigenvalue weighted by Crippen LogP contribution is 2.39. The molecule has 0 saturated heterocycles. The lowest BCUT2D eigenvalue weighted by molar-refractivity contribution is 0.669. The van der Waals surface area contributed by atoms with Crippen LogP contribution in [-0.4, -0.2) is 19.5 Å². The minimum absolute atomic E-state index is 0.0547. The molecule has 11 aromatic rings. The molecule has 4 aromatic heterocycles. The Morgan fingerprint density at radius 3 is 1.90 bits per heavy atom. The van der Waals surface area contributed by atoms with Gasteiger partial charge in [0.1, 0.15) is 22.3 Å². The van der Waals surface area contributed by atoms with Crippen molar-refractivity contribution in [3.8, 4) is 39.9 Å². The molecule has 6 nitrogen and oxygen atoms in total. The van der Waals surface area contributed by atoms with Crippen LogP contribution in [0, 0.1) is 0 Å². The van der Waals surface area contributed by atoms with Gasteiger partial charge in [-0.25, -0.2) is 15.0 Å². The molecule has 0 unspecified atom stereocenters. The molecule has 0 aliphatic carbocycles. The SMILES string of the molecule is [2H]c1c([2H])c([2H])c(-c2nc(-c3ccc4oc5ccccc5c4c3)nc(-c3cccc4c3oc3cc(-n5c6ccccc6c6ccccc65)ccc34)n2)c([2H])c1[2H]. The lowest BCUT2D eigenvalue weighted by Gasteiger charge is -2.09. The average Bonchev–Trinajstić information content (AvgIpc) is 3.91. The van der Waals surface area contributed by atoms with Gasteiger partial charge < -0.3 is 13.4 Å². The average molecular weight is 660 g/mol. The van der Waals surface area contributed by atoms with Gasteiger partial charge in [0.05, 0.1) is 23.5 Å². The van der Waals surface area contributed by atoms with Crippen molar-refractivity contribution in [2.75, 3.05) is 0 Å². The van der Waals surface area contributed by atoms with Gasteiger partial charge >= 0.3 is 0 Å². The number of rotatable bonds is 4. The molecule has 51 heavy (non-hydrogen) atoms. The fourth-order valence-electron chi connectivity index (χ4n) is 7.27. The molecule has 0 bridgehead atoms. The van der Waals surface area contributed by atoms with Crippen molar-refractivity contribution in [3.05, 3.63) is 158 Å². The highest BCUT2D eigenvalue weighted by molar-refractivity contribution is 6.12. The standard InChI is InChI=1S/C45H26N4O2/c1-2-11-27(12-3-1)43-46-44(28-21-24-40-36(25-28)32-15-6-9-20-39(32)50-40)48-45(47-43)35-17-10-16-34-33-23-22-29(26-41(33)51-42(34)35)49-37-18-7-4-13-30(37)31-14-5-8-19-38(31)49/h1-26H/i1D,2D,3D,11D,12D. The van der Waals surface area contributed by atoms with E-state index in [1.165, 1.54) is 0 Å². The third-order valence-electron chi connectivity index (χ3n) is 9.56. The molecule has 0 aliphatic rings. The lowest BCUT2D eigenvalue weighted by Crippen LogP contribution is -2.00. The maximum Gasteiger partial charge on any atom is 0.167 e. The molecule has 0 amide bonds. The number of hydrogen-bond donors (Lipinski definition) is 0. The van der Waals surface area contributed by atoms with Crippen LogP contribution in [0.5, 0.6) is 0 Å². The summed E-state index contributed by atoms with van der Waals surface area (Å²) in [5, 5.41) is 5.87. The van der Waals surface area contributed by atoms with Crippen molar-refractivity contribution in [1.82, 2.24) is 19.5 Å². The monoisotopic (exact) mass is 659 g/mol. The normalized spacial score (nSPS) is 13.3. The largest absolute Gasteiger partial charge is 0.456 e. The Hall–Kier alpha value is -7.05. The van der Waals surface area contributed by atoms with E-state index < -0.39 is 30.2 Å². The lowest BCUT2D eigenvalue weighted by atomic mass is 10.1. The number of fused-ring (bicyclic) bond motifs is 9. The summed E-state index contributed by atoms with van der Waals surface area (Å²) < 4.78 is 57.5. The molecular formula is C45H26N4O2. The van der Waals surface area contributed by atoms with Gasteiger partial charge in [-0.1, -0.05) is 96.9 Å². The number of para-hydroxylation sites is 4. The third kappa shape index (κ3) is 4.26. The Morgan fingerprint density at radius 1 is 0.451 bits per heavy atom. The minimum Gasteiger partial charge on any atom is -0.456 e. The highest BCUT2D eigenvalue weighted by atomic mass is 16.3. The zero-order valence-electron chi connectivity index (χ0n) is 31.7. The van der Waals surface area contributed by atoms with E-state index in [1.807, 2.05) is 78.9 Å². The zero-order valence-corrected chi connectivity index (χ0v) is 26.7. The summed E-state index contributed by atoms with van der Waals surface area (Å²) in [5.41, 5.74) is 6.85. The molecule has 0 atom stereocenters. The van der Waals surface area contributed by atoms with Gasteiger partial charge in [-0.15, -0.1) is 0 Å². The molecule has 11 rings (SSSR count). The van der Waals surface area contributed by atoms with Gasteiger partial charge in [0, 0.05) is 55.2 Å². The van der Waals surface area contributed by atoms with Crippen LogP contribution in [0.3, 0.4) is 0 Å². The van der Waals surface area contributed by atoms with E-state index >= 15 is 0 Å². The Labute approximate surface area is 297 Å². The van der Waals surface area contributed by atoms with Gasteiger partial charge in [0.2, 0.25) is 0 Å². The summed E-state index contributed by atoms with van der Waals surface area (Å²) in [5.74, 6) is 0.424. The maximum absolute atomic E-state index is 8.78. The second kappa shape index (κ2) is 10.7. The Kier molecular flexibility index (Phi) is 4.91. The van der Waals surface area contributed by atoms with Crippen molar-refractivity contribution < 1.29 is 15.7 Å². The van der Waals surface area contributed by atoms with Crippen molar-refractivity contribution in [2.24, 2.45) is 0 Å². The van der Waals surface area contributed by atoms with Gasteiger partial charge in [0.15, 0.2) is 17.5 Å². The van der Waals surface area contributed by atoms with E-state index in [4.69, 9.17) is 30.6 Å². The Bertz CT molecular complexity index is 3380. The first-order chi connectivity index (χ1) is 27.3. The van der Waals surface area contributed by atoms with Gasteiger partial charge in [-0.3, -0.25) is 0 Å². The fourth-order valence-corrected chi connectivity index (χ4v) is 7.27. The topological polar surface area (TPSA) is 69.9 Å². The van der Waals surface area contributed by atoms with Crippen LogP contribution in [0.2, 0.25) is 0 Å². The molecule has 0 N–H and O–H groups in total. The van der Waals surface area contributed by atoms with Crippen molar-refractivity contribution >= 4 is 65.7 Å². The van der Waals surface area contributed by atoms with E-state index in [2.05, 4.69) is 53.1 Å². The highest BCUT2D eigenvalue weighted by Gasteiger charge is 2.20. The first-order valence-electron chi connectivity index (χ1n) is 19.0. The molecule has 0 saturated carbocycles. The van der Waals surface area contributed by atoms with Crippen molar-refractivity contribution in [1.29, 1.82) is 0 Å². The van der Waals surface area contributed by atoms with Gasteiger partial charge in [-0.05, 0) is 54.6 Å². The number of furan rings is 2. The van der Waals surface area contributed by atoms with E-state index in [1.54, 1.807) is 0 Å². The second-order valence-corrected chi connectivity index (χ2v) is 12.4. The van der Waals surface area contributed by atoms with Crippen molar-refractivity contribution in [3.63, 3.8) is 0 Å². The van der Waals surface area contributed by atoms with Gasteiger partial charge in [0.25, 0.3) is 0 Å². The Balaban J connectivity index is 1.14. The summed E-state index contributed by atoms with van der Waals surface area (Å²) in [4.78, 5) is 14.5. The molecule has 7 aromatic carbocycles. The molecular weight excluding hydrogens is 629 g/mol.